The second-order valence-corrected chi connectivity index (χ2v) is 10.7. The fourth-order valence-electron chi connectivity index (χ4n) is 3.82. The van der Waals surface area contributed by atoms with Crippen LogP contribution in [0, 0.1) is 3.77 Å². The molecule has 0 atom stereocenters. The molecule has 0 aliphatic carbocycles. The Morgan fingerprint density at radius 1 is 0.714 bits per heavy atom. The van der Waals surface area contributed by atoms with Crippen LogP contribution in [0.4, 0.5) is 26.3 Å². The maximum atomic E-state index is 13.4. The first-order valence-electron chi connectivity index (χ1n) is 10.1. The van der Waals surface area contributed by atoms with Gasteiger partial charge in [0.1, 0.15) is 18.1 Å². The van der Waals surface area contributed by atoms with Crippen LogP contribution in [0.2, 0.25) is 0 Å². The van der Waals surface area contributed by atoms with Crippen molar-refractivity contribution in [1.82, 2.24) is 0 Å². The molecule has 10 heteroatoms. The predicted molar refractivity (Wildman–Crippen MR) is 131 cm³/mol. The Bertz CT molecular complexity index is 1460. The Balaban J connectivity index is 1.60. The Hall–Kier alpha value is -2.73. The molecular weight excluding hydrogens is 605 g/mol. The number of alkyl halides is 6. The molecule has 0 bridgehead atoms. The van der Waals surface area contributed by atoms with E-state index >= 15 is 0 Å². The van der Waals surface area contributed by atoms with Crippen LogP contribution in [0.5, 0.6) is 5.75 Å². The van der Waals surface area contributed by atoms with Crippen LogP contribution in [-0.4, -0.2) is 0 Å². The van der Waals surface area contributed by atoms with Gasteiger partial charge in [-0.15, -0.1) is 0 Å². The van der Waals surface area contributed by atoms with E-state index in [1.54, 1.807) is 30.3 Å². The monoisotopic (exact) mass is 619 g/mol. The molecule has 0 saturated carbocycles. The largest absolute Gasteiger partial charge is 0.486 e. The van der Waals surface area contributed by atoms with E-state index in [9.17, 15) is 26.3 Å². The predicted octanol–water partition coefficient (Wildman–Crippen LogP) is 9.55. The van der Waals surface area contributed by atoms with E-state index in [0.29, 0.717) is 20.9 Å². The number of hydrogen-bond acceptors (Lipinski definition) is 2. The Morgan fingerprint density at radius 3 is 1.71 bits per heavy atom. The lowest BCUT2D eigenvalue weighted by molar-refractivity contribution is -0.138. The molecule has 0 N–H and O–H groups in total. The first-order chi connectivity index (χ1) is 16.5. The number of hydrogen-bond donors (Lipinski definition) is 0. The van der Waals surface area contributed by atoms with Crippen molar-refractivity contribution >= 4 is 53.2 Å². The van der Waals surface area contributed by atoms with Gasteiger partial charge in [-0.1, -0.05) is 0 Å². The molecule has 5 rings (SSSR count). The average Bonchev–Trinajstić information content (AvgIpc) is 3.37. The summed E-state index contributed by atoms with van der Waals surface area (Å²) in [5, 5.41) is 0.328. The van der Waals surface area contributed by atoms with E-state index in [1.807, 2.05) is 28.7 Å². The quantitative estimate of drug-likeness (QED) is 0.114. The van der Waals surface area contributed by atoms with E-state index in [2.05, 4.69) is 0 Å². The molecule has 0 spiro atoms. The summed E-state index contributed by atoms with van der Waals surface area (Å²) in [6.07, 6.45) is -9.22. The Labute approximate surface area is 211 Å². The van der Waals surface area contributed by atoms with Crippen LogP contribution in [0.25, 0.3) is 25.1 Å². The Morgan fingerprint density at radius 2 is 1.26 bits per heavy atom. The van der Waals surface area contributed by atoms with Gasteiger partial charge >= 0.3 is 12.4 Å². The molecule has 0 radical (unpaired) electrons. The molecule has 2 aromatic heterocycles. The minimum absolute atomic E-state index is 0.164. The van der Waals surface area contributed by atoms with Crippen molar-refractivity contribution in [2.45, 2.75) is 19.0 Å². The topological polar surface area (TPSA) is 22.4 Å². The van der Waals surface area contributed by atoms with Gasteiger partial charge < -0.3 is 9.15 Å². The van der Waals surface area contributed by atoms with Crippen LogP contribution in [0.15, 0.2) is 77.2 Å². The van der Waals surface area contributed by atoms with Gasteiger partial charge in [-0.3, -0.25) is 0 Å². The molecule has 0 amide bonds. The zero-order chi connectivity index (χ0) is 25.0. The van der Waals surface area contributed by atoms with Gasteiger partial charge in [-0.2, -0.15) is 26.3 Å². The van der Waals surface area contributed by atoms with E-state index in [1.165, 1.54) is 12.1 Å². The highest BCUT2D eigenvalue weighted by Crippen LogP contribution is 2.50. The lowest BCUT2D eigenvalue weighted by Gasteiger charge is -2.06. The molecule has 0 fully saturated rings. The van der Waals surface area contributed by atoms with Gasteiger partial charge in [-0.25, -0.2) is 0 Å². The summed E-state index contributed by atoms with van der Waals surface area (Å²) in [5.74, 6) is 1.21. The smallest absolute Gasteiger partial charge is 0.416 e. The van der Waals surface area contributed by atoms with E-state index in [4.69, 9.17) is 9.15 Å². The van der Waals surface area contributed by atoms with Crippen molar-refractivity contribution in [3.8, 4) is 10.6 Å². The molecule has 0 unspecified atom stereocenters. The maximum absolute atomic E-state index is 13.4. The highest BCUT2D eigenvalue weighted by molar-refractivity contribution is 14.1. The molecule has 180 valence electrons. The van der Waals surface area contributed by atoms with Crippen molar-refractivity contribution in [1.29, 1.82) is 0 Å². The summed E-state index contributed by atoms with van der Waals surface area (Å²) in [4.78, 5) is 0.754. The molecule has 5 aromatic rings. The van der Waals surface area contributed by atoms with Gasteiger partial charge in [0.15, 0.2) is 18.1 Å². The molecule has 2 nitrogen and oxygen atoms in total. The van der Waals surface area contributed by atoms with Crippen molar-refractivity contribution in [2.24, 2.45) is 0 Å². The van der Waals surface area contributed by atoms with E-state index in [0.717, 1.165) is 32.9 Å². The van der Waals surface area contributed by atoms with Crippen molar-refractivity contribution in [3.63, 3.8) is 0 Å². The molecule has 0 aliphatic heterocycles. The zero-order valence-corrected chi connectivity index (χ0v) is 20.5. The number of furan rings is 1. The number of ether oxygens (including phenoxy) is 1. The summed E-state index contributed by atoms with van der Waals surface area (Å²) in [6, 6.07) is 17.1. The van der Waals surface area contributed by atoms with Gasteiger partial charge in [0.2, 0.25) is 0 Å². The molecular formula is C25H14F6IO2S+. The Kier molecular flexibility index (Phi) is 5.99. The molecule has 35 heavy (non-hydrogen) atoms. The van der Waals surface area contributed by atoms with Crippen LogP contribution < -0.4 is 4.74 Å². The maximum Gasteiger partial charge on any atom is 0.416 e. The average molecular weight is 619 g/mol. The number of halogens is 7. The summed E-state index contributed by atoms with van der Waals surface area (Å²) in [6.45, 7) is 0.222. The summed E-state index contributed by atoms with van der Waals surface area (Å²) in [7, 11) is -0.865. The third-order valence-electron chi connectivity index (χ3n) is 5.41. The minimum atomic E-state index is -4.61. The zero-order valence-electron chi connectivity index (χ0n) is 17.5. The van der Waals surface area contributed by atoms with E-state index in [-0.39, 0.29) is 17.4 Å². The van der Waals surface area contributed by atoms with E-state index < -0.39 is 33.9 Å². The third kappa shape index (κ3) is 4.73. The molecule has 0 saturated heterocycles. The van der Waals surface area contributed by atoms with Gasteiger partial charge in [0.25, 0.3) is 0 Å². The minimum Gasteiger partial charge on any atom is -0.486 e. The molecule has 3 aromatic carbocycles. The third-order valence-corrected chi connectivity index (χ3v) is 8.33. The van der Waals surface area contributed by atoms with Crippen LogP contribution in [0.3, 0.4) is 0 Å². The molecule has 0 aliphatic rings. The van der Waals surface area contributed by atoms with Crippen molar-refractivity contribution in [3.05, 3.63) is 93.5 Å². The van der Waals surface area contributed by atoms with Gasteiger partial charge in [0, 0.05) is 33.4 Å². The fourth-order valence-corrected chi connectivity index (χ4v) is 6.62. The number of rotatable bonds is 4. The second kappa shape index (κ2) is 8.74. The number of thiophene rings is 1. The van der Waals surface area contributed by atoms with Crippen LogP contribution in [0.1, 0.15) is 16.9 Å². The first-order valence-corrected chi connectivity index (χ1v) is 12.5. The van der Waals surface area contributed by atoms with Crippen molar-refractivity contribution < 1.29 is 35.5 Å². The van der Waals surface area contributed by atoms with Crippen LogP contribution >= 0.6 is 33.1 Å². The van der Waals surface area contributed by atoms with Gasteiger partial charge in [-0.05, 0) is 83.3 Å². The number of benzene rings is 3. The lowest BCUT2D eigenvalue weighted by atomic mass is 10.1. The summed E-state index contributed by atoms with van der Waals surface area (Å²) >= 11 is 2.05. The SMILES string of the molecule is FC(F)(F)c1ccc2c(c1)c1cc(C(F)(F)F)ccc1[s+]2-c1ccc(OCc2ccc(I)o2)cc1. The number of fused-ring (bicyclic) bond motifs is 3. The normalized spacial score (nSPS) is 12.5. The van der Waals surface area contributed by atoms with Crippen LogP contribution in [-0.2, 0) is 19.0 Å². The summed E-state index contributed by atoms with van der Waals surface area (Å²) < 4.78 is 93.2. The van der Waals surface area contributed by atoms with Crippen molar-refractivity contribution in [2.75, 3.05) is 0 Å². The fraction of sp³-hybridized carbons (Fsp3) is 0.120. The first kappa shape index (κ1) is 24.0. The highest BCUT2D eigenvalue weighted by atomic mass is 127. The lowest BCUT2D eigenvalue weighted by Crippen LogP contribution is -2.04. The summed E-state index contributed by atoms with van der Waals surface area (Å²) in [5.41, 5.74) is -1.80. The standard InChI is InChI=1S/C25H14F6IO2S/c26-24(27,28)14-1-8-21-19(11-14)20-12-15(25(29,30)31)2-9-22(20)35(21)18-6-3-16(4-7-18)33-13-17-5-10-23(32)34-17/h1-12H,13H2/q+1. The van der Waals surface area contributed by atoms with Gasteiger partial charge in [0.05, 0.1) is 11.1 Å². The molecule has 2 heterocycles. The highest BCUT2D eigenvalue weighted by Gasteiger charge is 2.35. The second-order valence-electron chi connectivity index (χ2n) is 7.69.